The molecule has 0 heterocycles. The van der Waals surface area contributed by atoms with E-state index in [1.54, 1.807) is 7.11 Å². The van der Waals surface area contributed by atoms with Gasteiger partial charge in [0.05, 0.1) is 19.6 Å². The average molecular weight is 214 g/mol. The molecule has 88 valence electrons. The molecule has 0 fully saturated rings. The maximum Gasteiger partial charge on any atom is 0.305 e. The highest BCUT2D eigenvalue weighted by molar-refractivity contribution is 5.69. The Morgan fingerprint density at radius 2 is 1.93 bits per heavy atom. The second-order valence-corrected chi connectivity index (χ2v) is 4.05. The lowest BCUT2D eigenvalue weighted by atomic mass is 9.97. The number of hydrogen-bond donors (Lipinski definition) is 0. The van der Waals surface area contributed by atoms with E-state index in [0.29, 0.717) is 6.42 Å². The van der Waals surface area contributed by atoms with Crippen LogP contribution in [0.15, 0.2) is 11.6 Å². The molecule has 0 bridgehead atoms. The van der Waals surface area contributed by atoms with Crippen molar-refractivity contribution in [2.75, 3.05) is 14.2 Å². The van der Waals surface area contributed by atoms with E-state index in [0.717, 1.165) is 6.42 Å². The first-order valence-corrected chi connectivity index (χ1v) is 5.24. The van der Waals surface area contributed by atoms with E-state index in [4.69, 9.17) is 4.74 Å². The zero-order chi connectivity index (χ0) is 11.8. The maximum absolute atomic E-state index is 11.1. The number of esters is 1. The van der Waals surface area contributed by atoms with Gasteiger partial charge in [0, 0.05) is 7.11 Å². The first kappa shape index (κ1) is 14.2. The van der Waals surface area contributed by atoms with Gasteiger partial charge < -0.3 is 9.47 Å². The molecule has 0 radical (unpaired) electrons. The van der Waals surface area contributed by atoms with Crippen molar-refractivity contribution >= 4 is 5.97 Å². The van der Waals surface area contributed by atoms with Crippen LogP contribution in [0.5, 0.6) is 0 Å². The molecule has 3 nitrogen and oxygen atoms in total. The van der Waals surface area contributed by atoms with E-state index >= 15 is 0 Å². The average Bonchev–Trinajstić information content (AvgIpc) is 2.18. The van der Waals surface area contributed by atoms with Crippen molar-refractivity contribution in [1.29, 1.82) is 0 Å². The van der Waals surface area contributed by atoms with E-state index in [-0.39, 0.29) is 18.0 Å². The molecular weight excluding hydrogens is 192 g/mol. The van der Waals surface area contributed by atoms with Crippen molar-refractivity contribution in [3.05, 3.63) is 11.6 Å². The third-order valence-electron chi connectivity index (χ3n) is 2.41. The van der Waals surface area contributed by atoms with Gasteiger partial charge >= 0.3 is 5.97 Å². The lowest BCUT2D eigenvalue weighted by Crippen LogP contribution is -2.23. The maximum atomic E-state index is 11.1. The molecule has 0 unspecified atom stereocenters. The number of allylic oxidation sites excluding steroid dienone is 1. The number of carbonyl (C=O) groups is 1. The van der Waals surface area contributed by atoms with Gasteiger partial charge in [-0.3, -0.25) is 4.79 Å². The zero-order valence-corrected chi connectivity index (χ0v) is 10.4. The first-order chi connectivity index (χ1) is 7.01. The fraction of sp³-hybridized carbons (Fsp3) is 0.750. The summed E-state index contributed by atoms with van der Waals surface area (Å²) in [4.78, 5) is 11.1. The van der Waals surface area contributed by atoms with E-state index in [1.807, 2.05) is 6.92 Å². The minimum atomic E-state index is -0.179. The minimum absolute atomic E-state index is 0.0824. The predicted octanol–water partition coefficient (Wildman–Crippen LogP) is 2.56. The van der Waals surface area contributed by atoms with Crippen molar-refractivity contribution in [2.24, 2.45) is 5.92 Å². The number of ether oxygens (including phenoxy) is 2. The zero-order valence-electron chi connectivity index (χ0n) is 10.4. The van der Waals surface area contributed by atoms with Crippen LogP contribution in [0, 0.1) is 5.92 Å². The monoisotopic (exact) mass is 214 g/mol. The van der Waals surface area contributed by atoms with Crippen LogP contribution in [0.4, 0.5) is 0 Å². The molecule has 15 heavy (non-hydrogen) atoms. The molecule has 0 aliphatic rings. The number of carbonyl (C=O) groups excluding carboxylic acids is 1. The SMILES string of the molecule is COC(=O)C[C@@H](C)[C@@H](CC=C(C)C)OC. The van der Waals surface area contributed by atoms with E-state index in [9.17, 15) is 4.79 Å². The minimum Gasteiger partial charge on any atom is -0.469 e. The Hall–Kier alpha value is -0.830. The summed E-state index contributed by atoms with van der Waals surface area (Å²) in [5.74, 6) is -0.000185. The summed E-state index contributed by atoms with van der Waals surface area (Å²) >= 11 is 0. The topological polar surface area (TPSA) is 35.5 Å². The van der Waals surface area contributed by atoms with Crippen LogP contribution in [-0.4, -0.2) is 26.3 Å². The van der Waals surface area contributed by atoms with Gasteiger partial charge in [-0.05, 0) is 26.2 Å². The summed E-state index contributed by atoms with van der Waals surface area (Å²) in [7, 11) is 3.09. The quantitative estimate of drug-likeness (QED) is 0.503. The Labute approximate surface area is 92.5 Å². The van der Waals surface area contributed by atoms with Gasteiger partial charge in [-0.2, -0.15) is 0 Å². The second kappa shape index (κ2) is 7.46. The number of methoxy groups -OCH3 is 2. The molecule has 0 aromatic rings. The number of hydrogen-bond acceptors (Lipinski definition) is 3. The van der Waals surface area contributed by atoms with Crippen molar-refractivity contribution in [3.8, 4) is 0 Å². The largest absolute Gasteiger partial charge is 0.469 e. The van der Waals surface area contributed by atoms with Crippen LogP contribution < -0.4 is 0 Å². The number of rotatable bonds is 6. The highest BCUT2D eigenvalue weighted by Gasteiger charge is 2.18. The molecule has 0 rings (SSSR count). The molecule has 0 aromatic heterocycles. The molecule has 0 aliphatic heterocycles. The van der Waals surface area contributed by atoms with E-state index in [1.165, 1.54) is 12.7 Å². The molecule has 0 amide bonds. The second-order valence-electron chi connectivity index (χ2n) is 4.05. The summed E-state index contributed by atoms with van der Waals surface area (Å²) in [5, 5.41) is 0. The smallest absolute Gasteiger partial charge is 0.305 e. The van der Waals surface area contributed by atoms with E-state index in [2.05, 4.69) is 24.7 Å². The van der Waals surface area contributed by atoms with Gasteiger partial charge in [0.25, 0.3) is 0 Å². The Bertz CT molecular complexity index is 217. The highest BCUT2D eigenvalue weighted by Crippen LogP contribution is 2.16. The van der Waals surface area contributed by atoms with Crippen LogP contribution in [-0.2, 0) is 14.3 Å². The standard InChI is InChI=1S/C12H22O3/c1-9(2)6-7-11(14-4)10(3)8-12(13)15-5/h6,10-11H,7-8H2,1-5H3/t10-,11-/m1/s1. The van der Waals surface area contributed by atoms with Crippen molar-refractivity contribution in [1.82, 2.24) is 0 Å². The van der Waals surface area contributed by atoms with Crippen LogP contribution in [0.3, 0.4) is 0 Å². The van der Waals surface area contributed by atoms with Gasteiger partial charge in [-0.15, -0.1) is 0 Å². The lowest BCUT2D eigenvalue weighted by molar-refractivity contribution is -0.142. The van der Waals surface area contributed by atoms with Crippen molar-refractivity contribution < 1.29 is 14.3 Å². The van der Waals surface area contributed by atoms with Crippen LogP contribution in [0.1, 0.15) is 33.6 Å². The highest BCUT2D eigenvalue weighted by atomic mass is 16.5. The first-order valence-electron chi connectivity index (χ1n) is 5.24. The summed E-state index contributed by atoms with van der Waals surface area (Å²) in [6.07, 6.45) is 3.46. The molecule has 0 saturated carbocycles. The molecular formula is C12H22O3. The normalized spacial score (nSPS) is 14.2. The molecule has 0 spiro atoms. The Morgan fingerprint density at radius 3 is 2.33 bits per heavy atom. The molecule has 2 atom stereocenters. The summed E-state index contributed by atoms with van der Waals surface area (Å²) < 4.78 is 9.99. The van der Waals surface area contributed by atoms with Crippen molar-refractivity contribution in [2.45, 2.75) is 39.7 Å². The fourth-order valence-electron chi connectivity index (χ4n) is 1.39. The van der Waals surface area contributed by atoms with E-state index < -0.39 is 0 Å². The Morgan fingerprint density at radius 1 is 1.33 bits per heavy atom. The molecule has 0 saturated heterocycles. The Balaban J connectivity index is 4.15. The molecule has 3 heteroatoms. The van der Waals surface area contributed by atoms with Gasteiger partial charge in [-0.25, -0.2) is 0 Å². The van der Waals surface area contributed by atoms with Crippen LogP contribution >= 0.6 is 0 Å². The summed E-state index contributed by atoms with van der Waals surface area (Å²) in [5.41, 5.74) is 1.27. The molecule has 0 aromatic carbocycles. The fourth-order valence-corrected chi connectivity index (χ4v) is 1.39. The van der Waals surface area contributed by atoms with Crippen molar-refractivity contribution in [3.63, 3.8) is 0 Å². The summed E-state index contributed by atoms with van der Waals surface area (Å²) in [6.45, 7) is 6.11. The Kier molecular flexibility index (Phi) is 7.05. The third-order valence-corrected chi connectivity index (χ3v) is 2.41. The lowest BCUT2D eigenvalue weighted by Gasteiger charge is -2.20. The van der Waals surface area contributed by atoms with Gasteiger partial charge in [-0.1, -0.05) is 18.6 Å². The van der Waals surface area contributed by atoms with Crippen LogP contribution in [0.2, 0.25) is 0 Å². The molecule has 0 aliphatic carbocycles. The van der Waals surface area contributed by atoms with Crippen LogP contribution in [0.25, 0.3) is 0 Å². The summed E-state index contributed by atoms with van der Waals surface area (Å²) in [6, 6.07) is 0. The van der Waals surface area contributed by atoms with Gasteiger partial charge in [0.2, 0.25) is 0 Å². The molecule has 0 N–H and O–H groups in total. The van der Waals surface area contributed by atoms with Gasteiger partial charge in [0.15, 0.2) is 0 Å². The predicted molar refractivity (Wildman–Crippen MR) is 60.6 cm³/mol. The van der Waals surface area contributed by atoms with Gasteiger partial charge in [0.1, 0.15) is 0 Å². The third kappa shape index (κ3) is 6.28.